The molecule has 0 bridgehead atoms. The van der Waals surface area contributed by atoms with Crippen LogP contribution in [0.1, 0.15) is 6.92 Å². The number of allylic oxidation sites excluding steroid dienone is 1. The van der Waals surface area contributed by atoms with E-state index in [1.165, 1.54) is 6.07 Å². The summed E-state index contributed by atoms with van der Waals surface area (Å²) in [5, 5.41) is 18.2. The molecule has 3 amide bonds. The first kappa shape index (κ1) is 29.1. The number of anilines is 1. The molecule has 1 aliphatic rings. The maximum absolute atomic E-state index is 14.7. The van der Waals surface area contributed by atoms with Crippen LogP contribution < -0.4 is 21.1 Å². The first-order valence-corrected chi connectivity index (χ1v) is 15.0. The van der Waals surface area contributed by atoms with Crippen LogP contribution in [0.2, 0.25) is 19.6 Å². The molecule has 1 unspecified atom stereocenters. The predicted molar refractivity (Wildman–Crippen MR) is 140 cm³/mol. The van der Waals surface area contributed by atoms with Gasteiger partial charge in [-0.05, 0) is 35.4 Å². The zero-order valence-corrected chi connectivity index (χ0v) is 22.4. The van der Waals surface area contributed by atoms with Crippen LogP contribution in [-0.4, -0.2) is 75.0 Å². The number of hydrogen-bond acceptors (Lipinski definition) is 6. The maximum Gasteiger partial charge on any atom is 0.251 e. The van der Waals surface area contributed by atoms with Gasteiger partial charge in [0.2, 0.25) is 11.8 Å². The van der Waals surface area contributed by atoms with Crippen molar-refractivity contribution in [2.45, 2.75) is 39.0 Å². The molecular weight excluding hydrogens is 483 g/mol. The van der Waals surface area contributed by atoms with E-state index in [1.807, 2.05) is 32.6 Å². The minimum absolute atomic E-state index is 0.0988. The highest BCUT2D eigenvalue weighted by Gasteiger charge is 2.32. The summed E-state index contributed by atoms with van der Waals surface area (Å²) >= 11 is 0. The highest BCUT2D eigenvalue weighted by atomic mass is 28.3. The molecule has 1 saturated heterocycles. The first-order valence-electron chi connectivity index (χ1n) is 11.5. The number of ether oxygens (including phenoxy) is 1. The van der Waals surface area contributed by atoms with E-state index >= 15 is 0 Å². The number of nitrogens with zero attached hydrogens (tertiary/aromatic N) is 1. The van der Waals surface area contributed by atoms with Gasteiger partial charge < -0.3 is 20.5 Å². The highest BCUT2D eigenvalue weighted by Crippen LogP contribution is 2.15. The van der Waals surface area contributed by atoms with Crippen molar-refractivity contribution in [3.05, 3.63) is 60.0 Å². The van der Waals surface area contributed by atoms with Gasteiger partial charge in [0, 0.05) is 12.8 Å². The minimum Gasteiger partial charge on any atom is -0.380 e. The summed E-state index contributed by atoms with van der Waals surface area (Å²) in [6, 6.07) is 3.31. The zero-order valence-electron chi connectivity index (χ0n) is 21.4. The average Bonchev–Trinajstić information content (AvgIpc) is 3.11. The predicted octanol–water partition coefficient (Wildman–Crippen LogP) is 1.21. The van der Waals surface area contributed by atoms with Crippen molar-refractivity contribution in [2.75, 3.05) is 32.1 Å². The van der Waals surface area contributed by atoms with Crippen molar-refractivity contribution in [3.8, 4) is 0 Å². The van der Waals surface area contributed by atoms with Gasteiger partial charge in [0.1, 0.15) is 18.4 Å². The quantitative estimate of drug-likeness (QED) is 0.258. The number of halogens is 1. The third kappa shape index (κ3) is 7.95. The molecule has 196 valence electrons. The molecule has 1 fully saturated rings. The summed E-state index contributed by atoms with van der Waals surface area (Å²) in [4.78, 5) is 38.7. The normalized spacial score (nSPS) is 17.4. The van der Waals surface area contributed by atoms with Crippen LogP contribution in [0.25, 0.3) is 0 Å². The Morgan fingerprint density at radius 1 is 1.36 bits per heavy atom. The molecule has 36 heavy (non-hydrogen) atoms. The Morgan fingerprint density at radius 3 is 2.58 bits per heavy atom. The molecule has 1 aromatic rings. The largest absolute Gasteiger partial charge is 0.380 e. The van der Waals surface area contributed by atoms with Crippen molar-refractivity contribution in [1.82, 2.24) is 15.5 Å². The van der Waals surface area contributed by atoms with Crippen LogP contribution in [0, 0.1) is 5.82 Å². The molecule has 0 saturated carbocycles. The second kappa shape index (κ2) is 12.7. The van der Waals surface area contributed by atoms with Crippen molar-refractivity contribution < 1.29 is 28.6 Å². The van der Waals surface area contributed by atoms with Crippen LogP contribution in [-0.2, 0) is 19.1 Å². The Labute approximate surface area is 212 Å². The number of methoxy groups -OCH3 is 1. The molecule has 2 rings (SSSR count). The van der Waals surface area contributed by atoms with Gasteiger partial charge in [-0.1, -0.05) is 50.5 Å². The molecule has 1 aromatic carbocycles. The Hall–Kier alpha value is -3.12. The molecule has 0 aliphatic carbocycles. The fourth-order valence-electron chi connectivity index (χ4n) is 3.51. The van der Waals surface area contributed by atoms with E-state index in [2.05, 4.69) is 22.5 Å². The lowest BCUT2D eigenvalue weighted by Gasteiger charge is -2.23. The standard InChI is InChI=1S/C25H35FN4O5Si/c1-7-17(15-35-3)9-8-16(2)23(29-21(31)14-30-22(32)13-27-25(30)34)24(33)28-18-10-11-20(19(26)12-18)36(4,5)6/h7-12,23,25,27,34H,2,13-15H2,1,3-6H3,(H,28,33)(H,29,31)/b9-8-,17-7+/t23-,25?/m1/s1. The molecule has 1 heterocycles. The van der Waals surface area contributed by atoms with Crippen molar-refractivity contribution in [2.24, 2.45) is 0 Å². The number of aliphatic hydroxyl groups excluding tert-OH is 1. The second-order valence-electron chi connectivity index (χ2n) is 9.42. The zero-order chi connectivity index (χ0) is 27.0. The van der Waals surface area contributed by atoms with E-state index in [0.29, 0.717) is 11.8 Å². The number of benzene rings is 1. The van der Waals surface area contributed by atoms with E-state index < -0.39 is 50.6 Å². The lowest BCUT2D eigenvalue weighted by Crippen LogP contribution is -2.50. The van der Waals surface area contributed by atoms with Gasteiger partial charge >= 0.3 is 0 Å². The Balaban J connectivity index is 2.24. The van der Waals surface area contributed by atoms with E-state index in [1.54, 1.807) is 31.4 Å². The number of nitrogens with one attached hydrogen (secondary N) is 3. The number of aliphatic hydroxyl groups is 1. The molecule has 2 atom stereocenters. The average molecular weight is 519 g/mol. The Kier molecular flexibility index (Phi) is 10.3. The van der Waals surface area contributed by atoms with Crippen molar-refractivity contribution in [3.63, 3.8) is 0 Å². The maximum atomic E-state index is 14.7. The molecule has 0 aromatic heterocycles. The van der Waals surface area contributed by atoms with E-state index in [4.69, 9.17) is 4.74 Å². The Bertz CT molecular complexity index is 1070. The molecule has 0 radical (unpaired) electrons. The number of amides is 3. The third-order valence-corrected chi connectivity index (χ3v) is 7.56. The fraction of sp³-hybridized carbons (Fsp3) is 0.400. The number of carbonyl (C=O) groups excluding carboxylic acids is 3. The minimum atomic E-state index is -1.90. The SMILES string of the molecule is C=C(/C=C\C(=C/C)COC)[C@@H](NC(=O)CN1C(=O)CNC1O)C(=O)Nc1ccc([Si](C)(C)C)c(F)c1. The summed E-state index contributed by atoms with van der Waals surface area (Å²) in [5.74, 6) is -2.17. The summed E-state index contributed by atoms with van der Waals surface area (Å²) in [5.41, 5.74) is 1.31. The van der Waals surface area contributed by atoms with Gasteiger partial charge in [-0.2, -0.15) is 0 Å². The van der Waals surface area contributed by atoms with Gasteiger partial charge in [-0.15, -0.1) is 0 Å². The molecule has 4 N–H and O–H groups in total. The van der Waals surface area contributed by atoms with E-state index in [9.17, 15) is 23.9 Å². The third-order valence-electron chi connectivity index (χ3n) is 5.54. The molecule has 0 spiro atoms. The number of rotatable bonds is 11. The lowest BCUT2D eigenvalue weighted by atomic mass is 10.1. The monoisotopic (exact) mass is 518 g/mol. The van der Waals surface area contributed by atoms with Crippen LogP contribution in [0.4, 0.5) is 10.1 Å². The van der Waals surface area contributed by atoms with Gasteiger partial charge in [-0.3, -0.25) is 24.6 Å². The molecule has 1 aliphatic heterocycles. The second-order valence-corrected chi connectivity index (χ2v) is 14.5. The number of carbonyl (C=O) groups is 3. The van der Waals surface area contributed by atoms with Gasteiger partial charge in [-0.25, -0.2) is 4.39 Å². The summed E-state index contributed by atoms with van der Waals surface area (Å²) < 4.78 is 19.8. The van der Waals surface area contributed by atoms with Crippen LogP contribution >= 0.6 is 0 Å². The highest BCUT2D eigenvalue weighted by molar-refractivity contribution is 6.88. The Morgan fingerprint density at radius 2 is 2.06 bits per heavy atom. The van der Waals surface area contributed by atoms with Crippen LogP contribution in [0.5, 0.6) is 0 Å². The van der Waals surface area contributed by atoms with E-state index in [0.717, 1.165) is 10.5 Å². The fourth-order valence-corrected chi connectivity index (χ4v) is 4.88. The van der Waals surface area contributed by atoms with Crippen LogP contribution in [0.3, 0.4) is 0 Å². The summed E-state index contributed by atoms with van der Waals surface area (Å²) in [6.45, 7) is 11.6. The molecular formula is C25H35FN4O5Si. The van der Waals surface area contributed by atoms with Gasteiger partial charge in [0.25, 0.3) is 5.91 Å². The van der Waals surface area contributed by atoms with E-state index in [-0.39, 0.29) is 17.8 Å². The van der Waals surface area contributed by atoms with Gasteiger partial charge in [0.05, 0.1) is 21.2 Å². The first-order chi connectivity index (χ1) is 16.9. The summed E-state index contributed by atoms with van der Waals surface area (Å²) in [7, 11) is -0.351. The van der Waals surface area contributed by atoms with Crippen molar-refractivity contribution >= 4 is 36.7 Å². The van der Waals surface area contributed by atoms with Crippen LogP contribution in [0.15, 0.2) is 54.2 Å². The smallest absolute Gasteiger partial charge is 0.251 e. The topological polar surface area (TPSA) is 120 Å². The molecule has 9 nitrogen and oxygen atoms in total. The number of hydrogen-bond donors (Lipinski definition) is 4. The summed E-state index contributed by atoms with van der Waals surface area (Å²) in [6.07, 6.45) is 3.82. The molecule has 11 heteroatoms. The lowest BCUT2D eigenvalue weighted by molar-refractivity contribution is -0.139. The van der Waals surface area contributed by atoms with Gasteiger partial charge in [0.15, 0.2) is 6.35 Å². The van der Waals surface area contributed by atoms with Crippen molar-refractivity contribution in [1.29, 1.82) is 0 Å².